The molecular formula is C13H19ClN2O3. The van der Waals surface area contributed by atoms with E-state index in [1.54, 1.807) is 6.07 Å². The standard InChI is InChI=1S/C13H19ClN2O3/c1-10(2)19-7-6-15(3)13-5-4-12(16(17)18)8-11(13)9-14/h4-5,8,10H,6-7,9H2,1-3H3. The first-order valence-electron chi connectivity index (χ1n) is 6.11. The smallest absolute Gasteiger partial charge is 0.269 e. The molecule has 1 aromatic carbocycles. The van der Waals surface area contributed by atoms with Gasteiger partial charge in [-0.1, -0.05) is 0 Å². The molecule has 106 valence electrons. The number of ether oxygens (including phenoxy) is 1. The van der Waals surface area contributed by atoms with E-state index >= 15 is 0 Å². The summed E-state index contributed by atoms with van der Waals surface area (Å²) in [5.41, 5.74) is 1.71. The largest absolute Gasteiger partial charge is 0.377 e. The third-order valence-electron chi connectivity index (χ3n) is 2.71. The van der Waals surface area contributed by atoms with Crippen LogP contribution in [0.2, 0.25) is 0 Å². The number of non-ortho nitro benzene ring substituents is 1. The van der Waals surface area contributed by atoms with Crippen LogP contribution in [-0.2, 0) is 10.6 Å². The maximum Gasteiger partial charge on any atom is 0.269 e. The van der Waals surface area contributed by atoms with Gasteiger partial charge in [-0.2, -0.15) is 0 Å². The highest BCUT2D eigenvalue weighted by Crippen LogP contribution is 2.26. The number of alkyl halides is 1. The normalized spacial score (nSPS) is 10.8. The second-order valence-corrected chi connectivity index (χ2v) is 4.81. The van der Waals surface area contributed by atoms with Crippen molar-refractivity contribution in [3.8, 4) is 0 Å². The number of nitro groups is 1. The van der Waals surface area contributed by atoms with Crippen LogP contribution in [0.15, 0.2) is 18.2 Å². The monoisotopic (exact) mass is 286 g/mol. The van der Waals surface area contributed by atoms with Crippen LogP contribution in [-0.4, -0.2) is 31.2 Å². The van der Waals surface area contributed by atoms with Crippen LogP contribution in [0.25, 0.3) is 0 Å². The number of hydrogen-bond acceptors (Lipinski definition) is 4. The fourth-order valence-corrected chi connectivity index (χ4v) is 1.92. The van der Waals surface area contributed by atoms with Crippen LogP contribution in [0, 0.1) is 10.1 Å². The van der Waals surface area contributed by atoms with Crippen molar-refractivity contribution in [3.63, 3.8) is 0 Å². The van der Waals surface area contributed by atoms with Gasteiger partial charge in [-0.3, -0.25) is 10.1 Å². The molecule has 0 aliphatic rings. The third-order valence-corrected chi connectivity index (χ3v) is 2.99. The lowest BCUT2D eigenvalue weighted by Crippen LogP contribution is -2.24. The fraction of sp³-hybridized carbons (Fsp3) is 0.538. The number of halogens is 1. The predicted octanol–water partition coefficient (Wildman–Crippen LogP) is 3.19. The molecule has 6 heteroatoms. The first-order chi connectivity index (χ1) is 8.95. The van der Waals surface area contributed by atoms with E-state index in [0.29, 0.717) is 13.2 Å². The zero-order valence-electron chi connectivity index (χ0n) is 11.4. The van der Waals surface area contributed by atoms with Crippen LogP contribution in [0.3, 0.4) is 0 Å². The van der Waals surface area contributed by atoms with Gasteiger partial charge in [0.15, 0.2) is 0 Å². The van der Waals surface area contributed by atoms with Crippen LogP contribution < -0.4 is 4.90 Å². The summed E-state index contributed by atoms with van der Waals surface area (Å²) >= 11 is 5.86. The first kappa shape index (κ1) is 15.7. The molecule has 0 unspecified atom stereocenters. The second kappa shape index (κ2) is 7.31. The molecule has 0 aliphatic carbocycles. The maximum absolute atomic E-state index is 10.7. The third kappa shape index (κ3) is 4.69. The van der Waals surface area contributed by atoms with Crippen molar-refractivity contribution in [1.29, 1.82) is 0 Å². The number of rotatable bonds is 7. The number of hydrogen-bond donors (Lipinski definition) is 0. The van der Waals surface area contributed by atoms with Crippen LogP contribution in [0.4, 0.5) is 11.4 Å². The molecule has 0 saturated carbocycles. The fourth-order valence-electron chi connectivity index (χ4n) is 1.71. The Morgan fingerprint density at radius 3 is 2.68 bits per heavy atom. The van der Waals surface area contributed by atoms with Gasteiger partial charge in [0.25, 0.3) is 5.69 Å². The van der Waals surface area contributed by atoms with E-state index in [-0.39, 0.29) is 17.7 Å². The summed E-state index contributed by atoms with van der Waals surface area (Å²) in [5.74, 6) is 0.242. The molecule has 1 rings (SSSR count). The Morgan fingerprint density at radius 2 is 2.16 bits per heavy atom. The highest BCUT2D eigenvalue weighted by molar-refractivity contribution is 6.17. The van der Waals surface area contributed by atoms with Crippen LogP contribution >= 0.6 is 11.6 Å². The van der Waals surface area contributed by atoms with Crippen LogP contribution in [0.1, 0.15) is 19.4 Å². The highest BCUT2D eigenvalue weighted by atomic mass is 35.5. The maximum atomic E-state index is 10.7. The molecule has 0 atom stereocenters. The zero-order chi connectivity index (χ0) is 14.4. The van der Waals surface area contributed by atoms with E-state index in [2.05, 4.69) is 0 Å². The average molecular weight is 287 g/mol. The zero-order valence-corrected chi connectivity index (χ0v) is 12.2. The van der Waals surface area contributed by atoms with E-state index in [4.69, 9.17) is 16.3 Å². The Labute approximate surface area is 118 Å². The van der Waals surface area contributed by atoms with E-state index in [9.17, 15) is 10.1 Å². The van der Waals surface area contributed by atoms with Crippen molar-refractivity contribution < 1.29 is 9.66 Å². The molecule has 0 saturated heterocycles. The van der Waals surface area contributed by atoms with Crippen molar-refractivity contribution >= 4 is 23.0 Å². The lowest BCUT2D eigenvalue weighted by Gasteiger charge is -2.22. The Kier molecular flexibility index (Phi) is 6.05. The number of likely N-dealkylation sites (N-methyl/N-ethyl adjacent to an activating group) is 1. The lowest BCUT2D eigenvalue weighted by molar-refractivity contribution is -0.384. The van der Waals surface area contributed by atoms with E-state index in [0.717, 1.165) is 11.3 Å². The second-order valence-electron chi connectivity index (χ2n) is 4.54. The van der Waals surface area contributed by atoms with Crippen LogP contribution in [0.5, 0.6) is 0 Å². The number of benzene rings is 1. The van der Waals surface area contributed by atoms with Gasteiger partial charge in [0.05, 0.1) is 17.6 Å². The minimum Gasteiger partial charge on any atom is -0.377 e. The predicted molar refractivity (Wildman–Crippen MR) is 77.0 cm³/mol. The van der Waals surface area contributed by atoms with Crippen molar-refractivity contribution in [2.75, 3.05) is 25.1 Å². The summed E-state index contributed by atoms with van der Waals surface area (Å²) < 4.78 is 5.49. The van der Waals surface area contributed by atoms with Gasteiger partial charge in [0.2, 0.25) is 0 Å². The summed E-state index contributed by atoms with van der Waals surface area (Å²) in [4.78, 5) is 12.3. The molecule has 0 radical (unpaired) electrons. The molecule has 0 aliphatic heterocycles. The average Bonchev–Trinajstić information content (AvgIpc) is 2.37. The SMILES string of the molecule is CC(C)OCCN(C)c1ccc([N+](=O)[O-])cc1CCl. The summed E-state index contributed by atoms with van der Waals surface area (Å²) in [6.45, 7) is 5.28. The van der Waals surface area contributed by atoms with Crippen molar-refractivity contribution in [3.05, 3.63) is 33.9 Å². The summed E-state index contributed by atoms with van der Waals surface area (Å²) in [6.07, 6.45) is 0.192. The van der Waals surface area contributed by atoms with Gasteiger partial charge in [-0.05, 0) is 25.5 Å². The van der Waals surface area contributed by atoms with Gasteiger partial charge >= 0.3 is 0 Å². The molecule has 0 aromatic heterocycles. The molecule has 0 bridgehead atoms. The molecule has 0 heterocycles. The molecular weight excluding hydrogens is 268 g/mol. The molecule has 0 fully saturated rings. The first-order valence-corrected chi connectivity index (χ1v) is 6.65. The van der Waals surface area contributed by atoms with Gasteiger partial charge in [0.1, 0.15) is 0 Å². The topological polar surface area (TPSA) is 55.6 Å². The molecule has 0 amide bonds. The molecule has 5 nitrogen and oxygen atoms in total. The Morgan fingerprint density at radius 1 is 1.47 bits per heavy atom. The van der Waals surface area contributed by atoms with Crippen molar-refractivity contribution in [1.82, 2.24) is 0 Å². The van der Waals surface area contributed by atoms with E-state index in [1.165, 1.54) is 12.1 Å². The molecule has 19 heavy (non-hydrogen) atoms. The van der Waals surface area contributed by atoms with Gasteiger partial charge in [-0.15, -0.1) is 11.6 Å². The minimum absolute atomic E-state index is 0.0613. The minimum atomic E-state index is -0.415. The quantitative estimate of drug-likeness (QED) is 0.439. The summed E-state index contributed by atoms with van der Waals surface area (Å²) in [7, 11) is 1.92. The number of nitro benzene ring substituents is 1. The van der Waals surface area contributed by atoms with E-state index in [1.807, 2.05) is 25.8 Å². The Balaban J connectivity index is 2.78. The summed E-state index contributed by atoms with van der Waals surface area (Å²) in [5, 5.41) is 10.7. The molecule has 0 N–H and O–H groups in total. The molecule has 1 aromatic rings. The van der Waals surface area contributed by atoms with Crippen molar-refractivity contribution in [2.45, 2.75) is 25.8 Å². The summed E-state index contributed by atoms with van der Waals surface area (Å²) in [6, 6.07) is 4.73. The Hall–Kier alpha value is -1.33. The van der Waals surface area contributed by atoms with Gasteiger partial charge < -0.3 is 9.64 Å². The molecule has 0 spiro atoms. The lowest BCUT2D eigenvalue weighted by atomic mass is 10.1. The number of nitrogens with zero attached hydrogens (tertiary/aromatic N) is 2. The highest BCUT2D eigenvalue weighted by Gasteiger charge is 2.13. The van der Waals surface area contributed by atoms with E-state index < -0.39 is 4.92 Å². The van der Waals surface area contributed by atoms with Gasteiger partial charge in [-0.25, -0.2) is 0 Å². The number of anilines is 1. The van der Waals surface area contributed by atoms with Crippen molar-refractivity contribution in [2.24, 2.45) is 0 Å². The van der Waals surface area contributed by atoms with Gasteiger partial charge in [0, 0.05) is 37.3 Å². The Bertz CT molecular complexity index is 438.